The Bertz CT molecular complexity index is 1260. The SMILES string of the molecule is C/C(=N\NC(=O)CCC(N)=O)c1c(O)n(-c2cc(C)cc(C)c2)c2cc(C(F)(F)F)ccc12. The summed E-state index contributed by atoms with van der Waals surface area (Å²) in [7, 11) is 0. The minimum absolute atomic E-state index is 0.136. The van der Waals surface area contributed by atoms with E-state index in [9.17, 15) is 27.9 Å². The van der Waals surface area contributed by atoms with E-state index in [0.717, 1.165) is 23.3 Å². The number of benzene rings is 2. The molecule has 0 aliphatic rings. The lowest BCUT2D eigenvalue weighted by atomic mass is 10.1. The first-order valence-electron chi connectivity index (χ1n) is 10.0. The molecule has 0 saturated carbocycles. The molecule has 0 aliphatic heterocycles. The van der Waals surface area contributed by atoms with Gasteiger partial charge in [-0.3, -0.25) is 14.2 Å². The number of hydrogen-bond acceptors (Lipinski definition) is 4. The lowest BCUT2D eigenvalue weighted by Crippen LogP contribution is -2.21. The molecule has 0 radical (unpaired) electrons. The number of nitrogens with one attached hydrogen (secondary N) is 1. The Kier molecular flexibility index (Phi) is 6.48. The van der Waals surface area contributed by atoms with Crippen LogP contribution in [0.25, 0.3) is 16.6 Å². The van der Waals surface area contributed by atoms with E-state index in [1.807, 2.05) is 19.9 Å². The molecule has 1 heterocycles. The van der Waals surface area contributed by atoms with Crippen LogP contribution in [0.15, 0.2) is 41.5 Å². The van der Waals surface area contributed by atoms with Gasteiger partial charge in [0.05, 0.1) is 22.4 Å². The van der Waals surface area contributed by atoms with Crippen molar-refractivity contribution in [3.63, 3.8) is 0 Å². The molecule has 33 heavy (non-hydrogen) atoms. The average molecular weight is 460 g/mol. The summed E-state index contributed by atoms with van der Waals surface area (Å²) in [6.07, 6.45) is -4.89. The van der Waals surface area contributed by atoms with Gasteiger partial charge < -0.3 is 10.8 Å². The van der Waals surface area contributed by atoms with E-state index in [2.05, 4.69) is 10.5 Å². The number of aromatic hydroxyl groups is 1. The molecule has 174 valence electrons. The third-order valence-electron chi connectivity index (χ3n) is 5.04. The molecule has 2 aromatic carbocycles. The minimum atomic E-state index is -4.57. The molecule has 0 atom stereocenters. The van der Waals surface area contributed by atoms with E-state index in [1.165, 1.54) is 17.6 Å². The fourth-order valence-corrected chi connectivity index (χ4v) is 3.64. The number of hydrogen-bond donors (Lipinski definition) is 3. The van der Waals surface area contributed by atoms with Gasteiger partial charge in [-0.05, 0) is 56.2 Å². The number of aromatic nitrogens is 1. The summed E-state index contributed by atoms with van der Waals surface area (Å²) in [6.45, 7) is 5.19. The van der Waals surface area contributed by atoms with Gasteiger partial charge in [-0.25, -0.2) is 5.43 Å². The Balaban J connectivity index is 2.18. The van der Waals surface area contributed by atoms with Crippen LogP contribution in [0, 0.1) is 13.8 Å². The summed E-state index contributed by atoms with van der Waals surface area (Å²) in [4.78, 5) is 22.7. The maximum atomic E-state index is 13.4. The number of aryl methyl sites for hydroxylation is 2. The van der Waals surface area contributed by atoms with Crippen molar-refractivity contribution in [2.24, 2.45) is 10.8 Å². The Morgan fingerprint density at radius 1 is 1.09 bits per heavy atom. The van der Waals surface area contributed by atoms with Gasteiger partial charge in [0, 0.05) is 23.9 Å². The summed E-state index contributed by atoms with van der Waals surface area (Å²) in [5.41, 5.74) is 9.14. The largest absolute Gasteiger partial charge is 0.494 e. The third-order valence-corrected chi connectivity index (χ3v) is 5.04. The van der Waals surface area contributed by atoms with Crippen LogP contribution in [0.1, 0.15) is 42.0 Å². The average Bonchev–Trinajstić information content (AvgIpc) is 3.00. The molecule has 0 aliphatic carbocycles. The zero-order valence-electron chi connectivity index (χ0n) is 18.2. The molecular weight excluding hydrogens is 437 g/mol. The smallest absolute Gasteiger partial charge is 0.416 e. The standard InChI is InChI=1S/C23H23F3N4O3/c1-12-8-13(2)10-16(9-12)30-18-11-15(23(24,25)26)4-5-17(18)21(22(30)33)14(3)28-29-20(32)7-6-19(27)31/h4-5,8-11,33H,6-7H2,1-3H3,(H2,27,31)(H,29,32)/b28-14+. The van der Waals surface area contributed by atoms with Gasteiger partial charge in [0.25, 0.3) is 0 Å². The maximum absolute atomic E-state index is 13.4. The molecule has 7 nitrogen and oxygen atoms in total. The number of carbonyl (C=O) groups excluding carboxylic acids is 2. The predicted octanol–water partition coefficient (Wildman–Crippen LogP) is 4.08. The zero-order chi connectivity index (χ0) is 24.5. The van der Waals surface area contributed by atoms with Gasteiger partial charge >= 0.3 is 6.18 Å². The van der Waals surface area contributed by atoms with Crippen LogP contribution in [0.5, 0.6) is 5.88 Å². The van der Waals surface area contributed by atoms with Crippen molar-refractivity contribution in [3.05, 3.63) is 58.7 Å². The fourth-order valence-electron chi connectivity index (χ4n) is 3.64. The van der Waals surface area contributed by atoms with Crippen LogP contribution in [0.4, 0.5) is 13.2 Å². The molecule has 3 rings (SSSR count). The summed E-state index contributed by atoms with van der Waals surface area (Å²) in [5, 5.41) is 15.4. The summed E-state index contributed by atoms with van der Waals surface area (Å²) in [5.74, 6) is -1.52. The molecule has 1 aromatic heterocycles. The molecule has 10 heteroatoms. The molecular formula is C23H23F3N4O3. The third kappa shape index (κ3) is 5.16. The van der Waals surface area contributed by atoms with E-state index in [1.54, 1.807) is 12.1 Å². The van der Waals surface area contributed by atoms with Crippen molar-refractivity contribution in [2.75, 3.05) is 0 Å². The number of carbonyl (C=O) groups is 2. The topological polar surface area (TPSA) is 110 Å². The van der Waals surface area contributed by atoms with Gasteiger partial charge in [-0.2, -0.15) is 18.3 Å². The molecule has 0 bridgehead atoms. The van der Waals surface area contributed by atoms with Gasteiger partial charge in [-0.15, -0.1) is 0 Å². The Hall–Kier alpha value is -3.82. The number of fused-ring (bicyclic) bond motifs is 1. The number of alkyl halides is 3. The van der Waals surface area contributed by atoms with Gasteiger partial charge in [0.2, 0.25) is 17.7 Å². The maximum Gasteiger partial charge on any atom is 0.416 e. The molecule has 0 saturated heterocycles. The molecule has 0 spiro atoms. The van der Waals surface area contributed by atoms with E-state index in [4.69, 9.17) is 5.73 Å². The van der Waals surface area contributed by atoms with Crippen LogP contribution in [0.3, 0.4) is 0 Å². The molecule has 4 N–H and O–H groups in total. The van der Waals surface area contributed by atoms with E-state index >= 15 is 0 Å². The molecule has 3 aromatic rings. The quantitative estimate of drug-likeness (QED) is 0.381. The second-order valence-electron chi connectivity index (χ2n) is 7.81. The van der Waals surface area contributed by atoms with Crippen LogP contribution in [-0.2, 0) is 15.8 Å². The second kappa shape index (κ2) is 8.97. The lowest BCUT2D eigenvalue weighted by Gasteiger charge is -2.11. The van der Waals surface area contributed by atoms with Crippen LogP contribution in [-0.4, -0.2) is 27.2 Å². The number of rotatable bonds is 6. The normalized spacial score (nSPS) is 12.2. The highest BCUT2D eigenvalue weighted by Gasteiger charge is 2.32. The highest BCUT2D eigenvalue weighted by molar-refractivity contribution is 6.13. The predicted molar refractivity (Wildman–Crippen MR) is 118 cm³/mol. The Labute approximate surface area is 187 Å². The number of halogens is 3. The summed E-state index contributed by atoms with van der Waals surface area (Å²) in [6, 6.07) is 8.55. The molecule has 2 amide bonds. The zero-order valence-corrected chi connectivity index (χ0v) is 18.2. The van der Waals surface area contributed by atoms with Gasteiger partial charge in [0.15, 0.2) is 0 Å². The number of primary amides is 1. The van der Waals surface area contributed by atoms with E-state index < -0.39 is 23.6 Å². The lowest BCUT2D eigenvalue weighted by molar-refractivity contribution is -0.137. The highest BCUT2D eigenvalue weighted by Crippen LogP contribution is 2.39. The van der Waals surface area contributed by atoms with E-state index in [-0.39, 0.29) is 35.5 Å². The highest BCUT2D eigenvalue weighted by atomic mass is 19.4. The second-order valence-corrected chi connectivity index (χ2v) is 7.81. The monoisotopic (exact) mass is 460 g/mol. The van der Waals surface area contributed by atoms with Gasteiger partial charge in [0.1, 0.15) is 0 Å². The first kappa shape index (κ1) is 23.8. The van der Waals surface area contributed by atoms with Crippen LogP contribution in [0.2, 0.25) is 0 Å². The number of nitrogens with zero attached hydrogens (tertiary/aromatic N) is 2. The summed E-state index contributed by atoms with van der Waals surface area (Å²) >= 11 is 0. The Morgan fingerprint density at radius 2 is 1.73 bits per heavy atom. The van der Waals surface area contributed by atoms with Crippen molar-refractivity contribution in [3.8, 4) is 11.6 Å². The number of amides is 2. The van der Waals surface area contributed by atoms with E-state index in [0.29, 0.717) is 11.1 Å². The van der Waals surface area contributed by atoms with Gasteiger partial charge in [-0.1, -0.05) is 12.1 Å². The first-order valence-corrected chi connectivity index (χ1v) is 10.0. The molecule has 0 fully saturated rings. The number of nitrogens with two attached hydrogens (primary N) is 1. The first-order chi connectivity index (χ1) is 15.4. The van der Waals surface area contributed by atoms with Crippen LogP contribution < -0.4 is 11.2 Å². The van der Waals surface area contributed by atoms with Crippen LogP contribution >= 0.6 is 0 Å². The Morgan fingerprint density at radius 3 is 2.30 bits per heavy atom. The summed E-state index contributed by atoms with van der Waals surface area (Å²) < 4.78 is 41.5. The van der Waals surface area contributed by atoms with Crippen molar-refractivity contribution in [1.82, 2.24) is 9.99 Å². The molecule has 0 unspecified atom stereocenters. The minimum Gasteiger partial charge on any atom is -0.494 e. The van der Waals surface area contributed by atoms with Crippen molar-refractivity contribution in [2.45, 2.75) is 39.8 Å². The van der Waals surface area contributed by atoms with Crippen molar-refractivity contribution >= 4 is 28.4 Å². The fraction of sp³-hybridized carbons (Fsp3) is 0.261. The van der Waals surface area contributed by atoms with Crippen molar-refractivity contribution < 1.29 is 27.9 Å². The number of hydrazone groups is 1. The van der Waals surface area contributed by atoms with Crippen molar-refractivity contribution in [1.29, 1.82) is 0 Å².